The minimum absolute atomic E-state index is 0.0336. The molecule has 0 radical (unpaired) electrons. The molecule has 102 valence electrons. The zero-order valence-electron chi connectivity index (χ0n) is 11.4. The van der Waals surface area contributed by atoms with Gasteiger partial charge in [0.15, 0.2) is 5.75 Å². The van der Waals surface area contributed by atoms with Gasteiger partial charge in [-0.05, 0) is 32.6 Å². The smallest absolute Gasteiger partial charge is 0.161 e. The number of nitrogens with two attached hydrogens (primary N) is 1. The van der Waals surface area contributed by atoms with Gasteiger partial charge in [0.05, 0.1) is 25.0 Å². The standard InChI is InChI=1S/C13H23N3O2/c1-9(2)16-13(11(17-3)8-15-16)12(14)10-4-6-18-7-5-10/h8-10,12H,4-7,14H2,1-3H3. The molecule has 5 heteroatoms. The second kappa shape index (κ2) is 5.71. The van der Waals surface area contributed by atoms with Gasteiger partial charge in [-0.2, -0.15) is 5.10 Å². The van der Waals surface area contributed by atoms with E-state index in [9.17, 15) is 0 Å². The lowest BCUT2D eigenvalue weighted by molar-refractivity contribution is 0.0570. The predicted octanol–water partition coefficient (Wildman–Crippen LogP) is 1.90. The zero-order valence-corrected chi connectivity index (χ0v) is 11.4. The molecule has 1 aromatic rings. The molecule has 1 fully saturated rings. The van der Waals surface area contributed by atoms with Gasteiger partial charge in [-0.25, -0.2) is 0 Å². The number of nitrogens with zero attached hydrogens (tertiary/aromatic N) is 2. The van der Waals surface area contributed by atoms with Crippen molar-refractivity contribution in [2.45, 2.75) is 38.8 Å². The maximum absolute atomic E-state index is 6.43. The second-order valence-corrected chi connectivity index (χ2v) is 5.11. The fourth-order valence-corrected chi connectivity index (χ4v) is 2.54. The highest BCUT2D eigenvalue weighted by Gasteiger charge is 2.28. The number of hydrogen-bond acceptors (Lipinski definition) is 4. The van der Waals surface area contributed by atoms with Crippen LogP contribution < -0.4 is 10.5 Å². The van der Waals surface area contributed by atoms with Gasteiger partial charge < -0.3 is 15.2 Å². The van der Waals surface area contributed by atoms with E-state index in [1.54, 1.807) is 13.3 Å². The first kappa shape index (κ1) is 13.4. The fourth-order valence-electron chi connectivity index (χ4n) is 2.54. The van der Waals surface area contributed by atoms with Crippen LogP contribution in [0.5, 0.6) is 5.75 Å². The monoisotopic (exact) mass is 253 g/mol. The quantitative estimate of drug-likeness (QED) is 0.890. The molecule has 0 bridgehead atoms. The highest BCUT2D eigenvalue weighted by molar-refractivity contribution is 5.29. The Morgan fingerprint density at radius 2 is 2.11 bits per heavy atom. The molecule has 1 atom stereocenters. The highest BCUT2D eigenvalue weighted by atomic mass is 16.5. The van der Waals surface area contributed by atoms with E-state index in [0.717, 1.165) is 37.5 Å². The number of hydrogen-bond donors (Lipinski definition) is 1. The lowest BCUT2D eigenvalue weighted by Crippen LogP contribution is -2.30. The van der Waals surface area contributed by atoms with Crippen LogP contribution >= 0.6 is 0 Å². The summed E-state index contributed by atoms with van der Waals surface area (Å²) in [7, 11) is 1.67. The Labute approximate surface area is 108 Å². The van der Waals surface area contributed by atoms with Crippen LogP contribution in [0.1, 0.15) is 44.5 Å². The molecule has 2 N–H and O–H groups in total. The van der Waals surface area contributed by atoms with Crippen molar-refractivity contribution in [2.24, 2.45) is 11.7 Å². The third-order valence-electron chi connectivity index (χ3n) is 3.60. The summed E-state index contributed by atoms with van der Waals surface area (Å²) in [6.45, 7) is 5.81. The molecule has 2 rings (SSSR count). The Hall–Kier alpha value is -1.07. The Kier molecular flexibility index (Phi) is 4.24. The van der Waals surface area contributed by atoms with Crippen LogP contribution in [0, 0.1) is 5.92 Å². The van der Waals surface area contributed by atoms with Gasteiger partial charge in [0.1, 0.15) is 0 Å². The molecule has 0 saturated carbocycles. The molecule has 0 aliphatic carbocycles. The Morgan fingerprint density at radius 3 is 2.67 bits per heavy atom. The molecule has 0 aromatic carbocycles. The van der Waals surface area contributed by atoms with Crippen LogP contribution in [0.3, 0.4) is 0 Å². The second-order valence-electron chi connectivity index (χ2n) is 5.11. The van der Waals surface area contributed by atoms with E-state index >= 15 is 0 Å². The first-order chi connectivity index (χ1) is 8.65. The molecule has 0 spiro atoms. The number of ether oxygens (including phenoxy) is 2. The number of methoxy groups -OCH3 is 1. The van der Waals surface area contributed by atoms with Crippen LogP contribution in [0.25, 0.3) is 0 Å². The highest BCUT2D eigenvalue weighted by Crippen LogP contribution is 2.34. The minimum atomic E-state index is -0.0336. The van der Waals surface area contributed by atoms with Crippen molar-refractivity contribution < 1.29 is 9.47 Å². The summed E-state index contributed by atoms with van der Waals surface area (Å²) in [6.07, 6.45) is 3.77. The third-order valence-corrected chi connectivity index (χ3v) is 3.60. The van der Waals surface area contributed by atoms with Crippen molar-refractivity contribution in [3.05, 3.63) is 11.9 Å². The normalized spacial score (nSPS) is 19.2. The van der Waals surface area contributed by atoms with E-state index in [0.29, 0.717) is 5.92 Å². The first-order valence-electron chi connectivity index (χ1n) is 6.59. The summed E-state index contributed by atoms with van der Waals surface area (Å²) in [5, 5.41) is 4.38. The molecule has 1 saturated heterocycles. The Balaban J connectivity index is 2.26. The van der Waals surface area contributed by atoms with Crippen LogP contribution in [-0.4, -0.2) is 30.1 Å². The lowest BCUT2D eigenvalue weighted by atomic mass is 9.90. The summed E-state index contributed by atoms with van der Waals surface area (Å²) >= 11 is 0. The first-order valence-corrected chi connectivity index (χ1v) is 6.59. The maximum atomic E-state index is 6.43. The van der Waals surface area contributed by atoms with Crippen molar-refractivity contribution in [2.75, 3.05) is 20.3 Å². The maximum Gasteiger partial charge on any atom is 0.161 e. The molecule has 1 aliphatic rings. The van der Waals surface area contributed by atoms with Crippen LogP contribution in [-0.2, 0) is 4.74 Å². The fraction of sp³-hybridized carbons (Fsp3) is 0.769. The summed E-state index contributed by atoms with van der Waals surface area (Å²) in [5.41, 5.74) is 7.45. The van der Waals surface area contributed by atoms with Crippen molar-refractivity contribution in [3.8, 4) is 5.75 Å². The molecule has 18 heavy (non-hydrogen) atoms. The van der Waals surface area contributed by atoms with E-state index < -0.39 is 0 Å². The van der Waals surface area contributed by atoms with E-state index in [4.69, 9.17) is 15.2 Å². The molecular weight excluding hydrogens is 230 g/mol. The average Bonchev–Trinajstić information content (AvgIpc) is 2.82. The minimum Gasteiger partial charge on any atom is -0.493 e. The van der Waals surface area contributed by atoms with Gasteiger partial charge in [0.2, 0.25) is 0 Å². The molecule has 5 nitrogen and oxygen atoms in total. The lowest BCUT2D eigenvalue weighted by Gasteiger charge is -2.29. The number of aromatic nitrogens is 2. The van der Waals surface area contributed by atoms with Gasteiger partial charge in [0, 0.05) is 19.3 Å². The zero-order chi connectivity index (χ0) is 13.1. The van der Waals surface area contributed by atoms with Gasteiger partial charge in [-0.3, -0.25) is 4.68 Å². The van der Waals surface area contributed by atoms with E-state index in [1.165, 1.54) is 0 Å². The van der Waals surface area contributed by atoms with Crippen molar-refractivity contribution in [3.63, 3.8) is 0 Å². The van der Waals surface area contributed by atoms with Crippen molar-refractivity contribution in [1.29, 1.82) is 0 Å². The van der Waals surface area contributed by atoms with Gasteiger partial charge in [-0.1, -0.05) is 0 Å². The van der Waals surface area contributed by atoms with Gasteiger partial charge >= 0.3 is 0 Å². The van der Waals surface area contributed by atoms with Gasteiger partial charge in [-0.15, -0.1) is 0 Å². The third kappa shape index (κ3) is 2.52. The summed E-state index contributed by atoms with van der Waals surface area (Å²) in [5.74, 6) is 1.24. The molecular formula is C13H23N3O2. The predicted molar refractivity (Wildman–Crippen MR) is 69.6 cm³/mol. The summed E-state index contributed by atoms with van der Waals surface area (Å²) in [4.78, 5) is 0. The van der Waals surface area contributed by atoms with Gasteiger partial charge in [0.25, 0.3) is 0 Å². The topological polar surface area (TPSA) is 62.3 Å². The average molecular weight is 253 g/mol. The summed E-state index contributed by atoms with van der Waals surface area (Å²) in [6, 6.07) is 0.253. The van der Waals surface area contributed by atoms with Crippen LogP contribution in [0.4, 0.5) is 0 Å². The molecule has 0 amide bonds. The van der Waals surface area contributed by atoms with E-state index in [2.05, 4.69) is 18.9 Å². The molecule has 2 heterocycles. The number of rotatable bonds is 4. The van der Waals surface area contributed by atoms with Crippen molar-refractivity contribution >= 4 is 0 Å². The Bertz CT molecular complexity index is 384. The Morgan fingerprint density at radius 1 is 1.44 bits per heavy atom. The SMILES string of the molecule is COc1cnn(C(C)C)c1C(N)C1CCOCC1. The van der Waals surface area contributed by atoms with Crippen LogP contribution in [0.2, 0.25) is 0 Å². The summed E-state index contributed by atoms with van der Waals surface area (Å²) < 4.78 is 12.8. The van der Waals surface area contributed by atoms with E-state index in [-0.39, 0.29) is 12.1 Å². The molecule has 1 unspecified atom stereocenters. The molecule has 1 aliphatic heterocycles. The van der Waals surface area contributed by atoms with Crippen molar-refractivity contribution in [1.82, 2.24) is 9.78 Å². The molecule has 1 aromatic heterocycles. The largest absolute Gasteiger partial charge is 0.493 e. The van der Waals surface area contributed by atoms with Crippen LogP contribution in [0.15, 0.2) is 6.20 Å². The van der Waals surface area contributed by atoms with E-state index in [1.807, 2.05) is 4.68 Å².